The number of rotatable bonds is 4. The molecule has 0 aliphatic rings. The van der Waals surface area contributed by atoms with Gasteiger partial charge in [0.15, 0.2) is 0 Å². The van der Waals surface area contributed by atoms with Gasteiger partial charge in [-0.15, -0.1) is 0 Å². The van der Waals surface area contributed by atoms with Gasteiger partial charge in [-0.05, 0) is 11.1 Å². The molecule has 0 bridgehead atoms. The molecule has 74 valence electrons. The Morgan fingerprint density at radius 1 is 1.43 bits per heavy atom. The van der Waals surface area contributed by atoms with E-state index < -0.39 is 5.97 Å². The minimum Gasteiger partial charge on any atom is -0.481 e. The number of carboxylic acids is 1. The van der Waals surface area contributed by atoms with Crippen LogP contribution in [-0.4, -0.2) is 17.6 Å². The van der Waals surface area contributed by atoms with Gasteiger partial charge in [0, 0.05) is 6.54 Å². The van der Waals surface area contributed by atoms with Gasteiger partial charge in [-0.3, -0.25) is 4.79 Å². The normalized spacial score (nSPS) is 10.6. The average molecular weight is 191 g/mol. The summed E-state index contributed by atoms with van der Waals surface area (Å²) in [6.07, 6.45) is 3.70. The molecule has 0 unspecified atom stereocenters. The summed E-state index contributed by atoms with van der Waals surface area (Å²) in [5.41, 5.74) is 7.05. The largest absolute Gasteiger partial charge is 0.481 e. The highest BCUT2D eigenvalue weighted by Crippen LogP contribution is 2.11. The van der Waals surface area contributed by atoms with Crippen molar-refractivity contribution >= 4 is 12.0 Å². The predicted octanol–water partition coefficient (Wildman–Crippen LogP) is 1.29. The fourth-order valence-corrected chi connectivity index (χ4v) is 1.22. The van der Waals surface area contributed by atoms with E-state index in [4.69, 9.17) is 10.8 Å². The van der Waals surface area contributed by atoms with Crippen LogP contribution < -0.4 is 5.73 Å². The maximum Gasteiger partial charge on any atom is 0.307 e. The summed E-state index contributed by atoms with van der Waals surface area (Å²) >= 11 is 0. The van der Waals surface area contributed by atoms with Crippen LogP contribution in [0.3, 0.4) is 0 Å². The number of carboxylic acid groups (broad SMARTS) is 1. The van der Waals surface area contributed by atoms with Gasteiger partial charge in [-0.25, -0.2) is 0 Å². The Kier molecular flexibility index (Phi) is 3.88. The van der Waals surface area contributed by atoms with Crippen LogP contribution in [0, 0.1) is 0 Å². The maximum atomic E-state index is 10.5. The van der Waals surface area contributed by atoms with E-state index in [0.717, 1.165) is 11.1 Å². The Balaban J connectivity index is 2.90. The first kappa shape index (κ1) is 10.5. The number of hydrogen-bond donors (Lipinski definition) is 2. The van der Waals surface area contributed by atoms with E-state index in [9.17, 15) is 4.79 Å². The molecule has 0 aromatic heterocycles. The summed E-state index contributed by atoms with van der Waals surface area (Å²) in [6.45, 7) is 0.460. The molecule has 0 saturated carbocycles. The van der Waals surface area contributed by atoms with Gasteiger partial charge >= 0.3 is 5.97 Å². The topological polar surface area (TPSA) is 63.3 Å². The molecule has 14 heavy (non-hydrogen) atoms. The third kappa shape index (κ3) is 3.03. The van der Waals surface area contributed by atoms with Crippen LogP contribution in [0.4, 0.5) is 0 Å². The van der Waals surface area contributed by atoms with Crippen LogP contribution in [0.25, 0.3) is 6.08 Å². The average Bonchev–Trinajstić information content (AvgIpc) is 2.16. The van der Waals surface area contributed by atoms with Crippen molar-refractivity contribution in [1.82, 2.24) is 0 Å². The molecule has 3 nitrogen and oxygen atoms in total. The molecule has 0 saturated heterocycles. The first-order valence-electron chi connectivity index (χ1n) is 4.40. The third-order valence-corrected chi connectivity index (χ3v) is 1.83. The van der Waals surface area contributed by atoms with Gasteiger partial charge in [0.1, 0.15) is 0 Å². The summed E-state index contributed by atoms with van der Waals surface area (Å²) in [6, 6.07) is 7.40. The quantitative estimate of drug-likeness (QED) is 0.753. The molecule has 0 fully saturated rings. The van der Waals surface area contributed by atoms with Gasteiger partial charge in [-0.2, -0.15) is 0 Å². The first-order valence-corrected chi connectivity index (χ1v) is 4.40. The summed E-state index contributed by atoms with van der Waals surface area (Å²) in [5.74, 6) is -0.821. The van der Waals surface area contributed by atoms with Crippen molar-refractivity contribution < 1.29 is 9.90 Å². The van der Waals surface area contributed by atoms with Crippen LogP contribution in [0.5, 0.6) is 0 Å². The Hall–Kier alpha value is -1.61. The fraction of sp³-hybridized carbons (Fsp3) is 0.182. The van der Waals surface area contributed by atoms with Gasteiger partial charge in [0.25, 0.3) is 0 Å². The van der Waals surface area contributed by atoms with Crippen LogP contribution in [0.2, 0.25) is 0 Å². The van der Waals surface area contributed by atoms with Crippen LogP contribution >= 0.6 is 0 Å². The molecular formula is C11H13NO2. The highest BCUT2D eigenvalue weighted by Gasteiger charge is 2.02. The molecule has 1 rings (SSSR count). The first-order chi connectivity index (χ1) is 6.74. The van der Waals surface area contributed by atoms with E-state index in [1.807, 2.05) is 30.3 Å². The van der Waals surface area contributed by atoms with Crippen molar-refractivity contribution in [3.63, 3.8) is 0 Å². The van der Waals surface area contributed by atoms with Gasteiger partial charge in [0.2, 0.25) is 0 Å². The zero-order chi connectivity index (χ0) is 10.4. The fourth-order valence-electron chi connectivity index (χ4n) is 1.22. The van der Waals surface area contributed by atoms with Crippen molar-refractivity contribution in [3.05, 3.63) is 41.5 Å². The highest BCUT2D eigenvalue weighted by atomic mass is 16.4. The Morgan fingerprint density at radius 3 is 2.79 bits per heavy atom. The number of nitrogens with two attached hydrogens (primary N) is 1. The molecule has 0 radical (unpaired) electrons. The molecule has 0 aliphatic heterocycles. The van der Waals surface area contributed by atoms with Gasteiger partial charge in [0.05, 0.1) is 6.42 Å². The summed E-state index contributed by atoms with van der Waals surface area (Å²) < 4.78 is 0. The number of hydrogen-bond acceptors (Lipinski definition) is 2. The zero-order valence-corrected chi connectivity index (χ0v) is 7.81. The lowest BCUT2D eigenvalue weighted by molar-refractivity contribution is -0.136. The second kappa shape index (κ2) is 5.19. The molecule has 3 N–H and O–H groups in total. The van der Waals surface area contributed by atoms with E-state index in [1.165, 1.54) is 0 Å². The standard InChI is InChI=1S/C11H13NO2/c12-7-3-6-9-4-1-2-5-10(9)8-11(13)14/h1-6H,7-8,12H2,(H,13,14). The van der Waals surface area contributed by atoms with Crippen molar-refractivity contribution in [2.24, 2.45) is 5.73 Å². The smallest absolute Gasteiger partial charge is 0.307 e. The van der Waals surface area contributed by atoms with E-state index in [0.29, 0.717) is 6.54 Å². The minimum absolute atomic E-state index is 0.0467. The lowest BCUT2D eigenvalue weighted by Gasteiger charge is -2.01. The van der Waals surface area contributed by atoms with Gasteiger partial charge in [-0.1, -0.05) is 36.4 Å². The monoisotopic (exact) mass is 191 g/mol. The van der Waals surface area contributed by atoms with E-state index >= 15 is 0 Å². The summed E-state index contributed by atoms with van der Waals surface area (Å²) in [7, 11) is 0. The maximum absolute atomic E-state index is 10.5. The second-order valence-corrected chi connectivity index (χ2v) is 2.91. The predicted molar refractivity (Wildman–Crippen MR) is 55.9 cm³/mol. The summed E-state index contributed by atoms with van der Waals surface area (Å²) in [5, 5.41) is 8.67. The molecule has 0 spiro atoms. The number of aliphatic carboxylic acids is 1. The lowest BCUT2D eigenvalue weighted by atomic mass is 10.0. The van der Waals surface area contributed by atoms with Crippen molar-refractivity contribution in [3.8, 4) is 0 Å². The Bertz CT molecular complexity index is 345. The van der Waals surface area contributed by atoms with Crippen LogP contribution in [0.1, 0.15) is 11.1 Å². The number of carbonyl (C=O) groups is 1. The summed E-state index contributed by atoms with van der Waals surface area (Å²) in [4.78, 5) is 10.5. The second-order valence-electron chi connectivity index (χ2n) is 2.91. The Morgan fingerprint density at radius 2 is 2.14 bits per heavy atom. The molecule has 3 heteroatoms. The van der Waals surface area contributed by atoms with Gasteiger partial charge < -0.3 is 10.8 Å². The number of benzene rings is 1. The molecule has 0 aliphatic carbocycles. The Labute approximate surface area is 82.9 Å². The van der Waals surface area contributed by atoms with E-state index in [-0.39, 0.29) is 6.42 Å². The van der Waals surface area contributed by atoms with Crippen LogP contribution in [0.15, 0.2) is 30.3 Å². The minimum atomic E-state index is -0.821. The third-order valence-electron chi connectivity index (χ3n) is 1.83. The molecule has 0 heterocycles. The highest BCUT2D eigenvalue weighted by molar-refractivity contribution is 5.72. The SMILES string of the molecule is NCC=Cc1ccccc1CC(=O)O. The van der Waals surface area contributed by atoms with Crippen molar-refractivity contribution in [2.45, 2.75) is 6.42 Å². The van der Waals surface area contributed by atoms with Crippen LogP contribution in [-0.2, 0) is 11.2 Å². The molecule has 0 atom stereocenters. The zero-order valence-electron chi connectivity index (χ0n) is 7.81. The molecule has 1 aromatic carbocycles. The van der Waals surface area contributed by atoms with Crippen molar-refractivity contribution in [1.29, 1.82) is 0 Å². The van der Waals surface area contributed by atoms with E-state index in [2.05, 4.69) is 0 Å². The molecule has 1 aromatic rings. The molecular weight excluding hydrogens is 178 g/mol. The van der Waals surface area contributed by atoms with Crippen molar-refractivity contribution in [2.75, 3.05) is 6.54 Å². The molecule has 0 amide bonds. The van der Waals surface area contributed by atoms with E-state index in [1.54, 1.807) is 6.08 Å². The lowest BCUT2D eigenvalue weighted by Crippen LogP contribution is -2.01.